The Morgan fingerprint density at radius 3 is 2.96 bits per heavy atom. The maximum Gasteiger partial charge on any atom is 0.270 e. The summed E-state index contributed by atoms with van der Waals surface area (Å²) < 4.78 is 13.1. The van der Waals surface area contributed by atoms with Gasteiger partial charge in [-0.1, -0.05) is 5.16 Å². The van der Waals surface area contributed by atoms with Crippen LogP contribution >= 0.6 is 0 Å². The van der Waals surface area contributed by atoms with Gasteiger partial charge in [0.2, 0.25) is 0 Å². The van der Waals surface area contributed by atoms with Crippen LogP contribution in [0.1, 0.15) is 21.9 Å². The number of hydrogen-bond acceptors (Lipinski definition) is 5. The molecule has 7 nitrogen and oxygen atoms in total. The summed E-state index contributed by atoms with van der Waals surface area (Å²) in [7, 11) is 1.90. The zero-order valence-electron chi connectivity index (χ0n) is 14.7. The van der Waals surface area contributed by atoms with Gasteiger partial charge in [0.15, 0.2) is 0 Å². The summed E-state index contributed by atoms with van der Waals surface area (Å²) in [4.78, 5) is 17.1. The van der Waals surface area contributed by atoms with Gasteiger partial charge in [-0.25, -0.2) is 0 Å². The summed E-state index contributed by atoms with van der Waals surface area (Å²) in [6, 6.07) is 5.75. The van der Waals surface area contributed by atoms with Gasteiger partial charge in [-0.05, 0) is 19.1 Å². The summed E-state index contributed by atoms with van der Waals surface area (Å²) in [5.74, 6) is 1.25. The van der Waals surface area contributed by atoms with Crippen molar-refractivity contribution in [3.63, 3.8) is 0 Å². The predicted octanol–water partition coefficient (Wildman–Crippen LogP) is 1.29. The highest BCUT2D eigenvalue weighted by Crippen LogP contribution is 2.25. The Labute approximate surface area is 147 Å². The van der Waals surface area contributed by atoms with Gasteiger partial charge in [0.05, 0.1) is 18.4 Å². The Morgan fingerprint density at radius 1 is 1.36 bits per heavy atom. The molecule has 4 heterocycles. The third-order valence-electron chi connectivity index (χ3n) is 5.12. The Balaban J connectivity index is 1.42. The second kappa shape index (κ2) is 6.65. The van der Waals surface area contributed by atoms with Crippen LogP contribution in [-0.2, 0) is 18.3 Å². The second-order valence-electron chi connectivity index (χ2n) is 7.05. The minimum Gasteiger partial charge on any atom is -0.375 e. The summed E-state index contributed by atoms with van der Waals surface area (Å²) in [6.45, 7) is 6.44. The SMILES string of the molecule is Cc1cc(CN2C[C@H]3CN(C(=O)c4cccn4C)CCO[C@H]3C2)no1. The molecule has 2 aliphatic rings. The number of carbonyl (C=O) groups excluding carboxylic acids is 1. The smallest absolute Gasteiger partial charge is 0.270 e. The molecule has 134 valence electrons. The molecule has 2 aliphatic heterocycles. The van der Waals surface area contributed by atoms with Crippen molar-refractivity contribution in [1.29, 1.82) is 0 Å². The van der Waals surface area contributed by atoms with E-state index in [0.717, 1.165) is 43.3 Å². The van der Waals surface area contributed by atoms with Gasteiger partial charge in [0.1, 0.15) is 11.5 Å². The summed E-state index contributed by atoms with van der Waals surface area (Å²) >= 11 is 0. The van der Waals surface area contributed by atoms with Crippen LogP contribution in [0.15, 0.2) is 28.9 Å². The van der Waals surface area contributed by atoms with E-state index in [1.54, 1.807) is 0 Å². The van der Waals surface area contributed by atoms with Gasteiger partial charge in [-0.3, -0.25) is 9.69 Å². The van der Waals surface area contributed by atoms with Crippen LogP contribution in [0.3, 0.4) is 0 Å². The van der Waals surface area contributed by atoms with Crippen molar-refractivity contribution in [2.75, 3.05) is 32.8 Å². The van der Waals surface area contributed by atoms with Crippen molar-refractivity contribution >= 4 is 5.91 Å². The maximum absolute atomic E-state index is 12.8. The van der Waals surface area contributed by atoms with Crippen LogP contribution in [0, 0.1) is 12.8 Å². The van der Waals surface area contributed by atoms with Crippen molar-refractivity contribution in [3.8, 4) is 0 Å². The molecule has 2 aromatic heterocycles. The van der Waals surface area contributed by atoms with E-state index >= 15 is 0 Å². The summed E-state index contributed by atoms with van der Waals surface area (Å²) in [5.41, 5.74) is 1.68. The minimum atomic E-state index is 0.0855. The van der Waals surface area contributed by atoms with Crippen LogP contribution in [-0.4, -0.2) is 64.3 Å². The molecule has 4 rings (SSSR count). The first kappa shape index (κ1) is 16.4. The first-order valence-electron chi connectivity index (χ1n) is 8.77. The fourth-order valence-electron chi connectivity index (χ4n) is 3.86. The van der Waals surface area contributed by atoms with Crippen molar-refractivity contribution in [1.82, 2.24) is 19.5 Å². The van der Waals surface area contributed by atoms with Crippen molar-refractivity contribution in [2.24, 2.45) is 13.0 Å². The highest BCUT2D eigenvalue weighted by atomic mass is 16.5. The Bertz CT molecular complexity index is 753. The van der Waals surface area contributed by atoms with Gasteiger partial charge in [-0.2, -0.15) is 0 Å². The number of hydrogen-bond donors (Lipinski definition) is 0. The molecule has 0 aliphatic carbocycles. The Morgan fingerprint density at radius 2 is 2.24 bits per heavy atom. The lowest BCUT2D eigenvalue weighted by atomic mass is 10.1. The number of fused-ring (bicyclic) bond motifs is 1. The number of rotatable bonds is 3. The quantitative estimate of drug-likeness (QED) is 0.840. The topological polar surface area (TPSA) is 63.7 Å². The van der Waals surface area contributed by atoms with E-state index in [4.69, 9.17) is 9.26 Å². The van der Waals surface area contributed by atoms with Gasteiger partial charge in [-0.15, -0.1) is 0 Å². The van der Waals surface area contributed by atoms with Crippen molar-refractivity contribution < 1.29 is 14.1 Å². The van der Waals surface area contributed by atoms with E-state index in [2.05, 4.69) is 10.1 Å². The molecule has 2 aromatic rings. The molecule has 0 bridgehead atoms. The third-order valence-corrected chi connectivity index (χ3v) is 5.12. The molecule has 0 aromatic carbocycles. The first-order chi connectivity index (χ1) is 12.1. The third kappa shape index (κ3) is 3.34. The first-order valence-corrected chi connectivity index (χ1v) is 8.77. The van der Waals surface area contributed by atoms with Crippen LogP contribution in [0.25, 0.3) is 0 Å². The number of ether oxygens (including phenoxy) is 1. The van der Waals surface area contributed by atoms with Crippen LogP contribution < -0.4 is 0 Å². The van der Waals surface area contributed by atoms with E-state index in [0.29, 0.717) is 19.1 Å². The van der Waals surface area contributed by atoms with Crippen LogP contribution in [0.5, 0.6) is 0 Å². The maximum atomic E-state index is 12.8. The predicted molar refractivity (Wildman–Crippen MR) is 91.1 cm³/mol. The number of amides is 1. The highest BCUT2D eigenvalue weighted by Gasteiger charge is 2.38. The van der Waals surface area contributed by atoms with E-state index in [1.807, 2.05) is 47.8 Å². The summed E-state index contributed by atoms with van der Waals surface area (Å²) in [6.07, 6.45) is 2.08. The van der Waals surface area contributed by atoms with E-state index < -0.39 is 0 Å². The minimum absolute atomic E-state index is 0.0855. The zero-order chi connectivity index (χ0) is 17.4. The number of likely N-dealkylation sites (tertiary alicyclic amines) is 1. The zero-order valence-corrected chi connectivity index (χ0v) is 14.7. The number of nitrogens with zero attached hydrogens (tertiary/aromatic N) is 4. The van der Waals surface area contributed by atoms with E-state index in [1.165, 1.54) is 0 Å². The van der Waals surface area contributed by atoms with Crippen molar-refractivity contribution in [2.45, 2.75) is 19.6 Å². The molecule has 0 N–H and O–H groups in total. The van der Waals surface area contributed by atoms with Gasteiger partial charge >= 0.3 is 0 Å². The average molecular weight is 344 g/mol. The fraction of sp³-hybridized carbons (Fsp3) is 0.556. The van der Waals surface area contributed by atoms with Crippen LogP contribution in [0.2, 0.25) is 0 Å². The summed E-state index contributed by atoms with van der Waals surface area (Å²) in [5, 5.41) is 4.08. The van der Waals surface area contributed by atoms with E-state index in [9.17, 15) is 4.79 Å². The van der Waals surface area contributed by atoms with Gasteiger partial charge in [0.25, 0.3) is 5.91 Å². The van der Waals surface area contributed by atoms with Gasteiger partial charge in [0, 0.05) is 58.0 Å². The van der Waals surface area contributed by atoms with Gasteiger partial charge < -0.3 is 18.7 Å². The monoisotopic (exact) mass is 344 g/mol. The normalized spacial score (nSPS) is 24.3. The Hall–Kier alpha value is -2.12. The lowest BCUT2D eigenvalue weighted by Gasteiger charge is -2.23. The Kier molecular flexibility index (Phi) is 4.35. The molecule has 1 amide bonds. The fourth-order valence-corrected chi connectivity index (χ4v) is 3.86. The molecule has 2 saturated heterocycles. The number of aromatic nitrogens is 2. The molecule has 0 unspecified atom stereocenters. The molecule has 7 heteroatoms. The average Bonchev–Trinajstić information content (AvgIpc) is 3.25. The highest BCUT2D eigenvalue weighted by molar-refractivity contribution is 5.92. The second-order valence-corrected chi connectivity index (χ2v) is 7.05. The van der Waals surface area contributed by atoms with Crippen molar-refractivity contribution in [3.05, 3.63) is 41.5 Å². The molecule has 0 spiro atoms. The number of carbonyl (C=O) groups is 1. The molecule has 0 saturated carbocycles. The molecular formula is C18H24N4O3. The lowest BCUT2D eigenvalue weighted by molar-refractivity contribution is 0.0499. The molecule has 25 heavy (non-hydrogen) atoms. The standard InChI is InChI=1S/C18H24N4O3/c1-13-8-15(19-25-13)11-21-9-14-10-22(6-7-24-17(14)12-21)18(23)16-4-3-5-20(16)2/h3-5,8,14,17H,6-7,9-12H2,1-2H3/t14-,17-/m0/s1. The van der Waals surface area contributed by atoms with E-state index in [-0.39, 0.29) is 12.0 Å². The molecule has 2 atom stereocenters. The molecular weight excluding hydrogens is 320 g/mol. The lowest BCUT2D eigenvalue weighted by Crippen LogP contribution is -2.38. The van der Waals surface area contributed by atoms with Crippen LogP contribution in [0.4, 0.5) is 0 Å². The number of aryl methyl sites for hydroxylation is 2. The molecule has 0 radical (unpaired) electrons. The largest absolute Gasteiger partial charge is 0.375 e. The molecule has 2 fully saturated rings.